The lowest BCUT2D eigenvalue weighted by Crippen LogP contribution is -2.07. The van der Waals surface area contributed by atoms with Gasteiger partial charge in [0.1, 0.15) is 0 Å². The number of ketones is 1. The molecule has 0 radical (unpaired) electrons. The number of carbonyl (C=O) groups excluding carboxylic acids is 1. The Kier molecular flexibility index (Phi) is 3.82. The zero-order chi connectivity index (χ0) is 13.0. The van der Waals surface area contributed by atoms with E-state index in [1.165, 1.54) is 5.56 Å². The molecule has 3 heteroatoms. The third kappa shape index (κ3) is 3.00. The summed E-state index contributed by atoms with van der Waals surface area (Å²) in [6.07, 6.45) is 1.27. The first-order valence-electron chi connectivity index (χ1n) is 6.05. The SMILES string of the molecule is Cc1cc(C(=O)CCc2ccccc2)c(C)nn1. The molecule has 0 spiro atoms. The molecular weight excluding hydrogens is 224 g/mol. The molecule has 0 saturated heterocycles. The van der Waals surface area contributed by atoms with Gasteiger partial charge in [-0.1, -0.05) is 30.3 Å². The fourth-order valence-corrected chi connectivity index (χ4v) is 1.87. The minimum absolute atomic E-state index is 0.134. The van der Waals surface area contributed by atoms with Crippen LogP contribution in [0.15, 0.2) is 36.4 Å². The van der Waals surface area contributed by atoms with E-state index in [2.05, 4.69) is 10.2 Å². The molecular formula is C15H16N2O. The van der Waals surface area contributed by atoms with Crippen LogP contribution in [0.25, 0.3) is 0 Å². The van der Waals surface area contributed by atoms with Gasteiger partial charge in [0, 0.05) is 12.0 Å². The number of nitrogens with zero attached hydrogens (tertiary/aromatic N) is 2. The topological polar surface area (TPSA) is 42.9 Å². The highest BCUT2D eigenvalue weighted by atomic mass is 16.1. The molecule has 0 aliphatic carbocycles. The van der Waals surface area contributed by atoms with Crippen LogP contribution in [0.3, 0.4) is 0 Å². The monoisotopic (exact) mass is 240 g/mol. The molecule has 0 aliphatic rings. The minimum Gasteiger partial charge on any atom is -0.294 e. The highest BCUT2D eigenvalue weighted by Crippen LogP contribution is 2.11. The summed E-state index contributed by atoms with van der Waals surface area (Å²) >= 11 is 0. The number of benzene rings is 1. The van der Waals surface area contributed by atoms with Crippen molar-refractivity contribution in [3.05, 3.63) is 58.9 Å². The number of hydrogen-bond donors (Lipinski definition) is 0. The third-order valence-electron chi connectivity index (χ3n) is 2.88. The Morgan fingerprint density at radius 1 is 1.11 bits per heavy atom. The van der Waals surface area contributed by atoms with Crippen LogP contribution < -0.4 is 0 Å². The van der Waals surface area contributed by atoms with Gasteiger partial charge in [-0.25, -0.2) is 0 Å². The molecule has 3 nitrogen and oxygen atoms in total. The van der Waals surface area contributed by atoms with Crippen molar-refractivity contribution < 1.29 is 4.79 Å². The molecule has 0 N–H and O–H groups in total. The van der Waals surface area contributed by atoms with Crippen molar-refractivity contribution in [1.29, 1.82) is 0 Å². The molecule has 1 heterocycles. The number of Topliss-reactive ketones (excluding diaryl/α,β-unsaturated/α-hetero) is 1. The Bertz CT molecular complexity index is 550. The first-order chi connectivity index (χ1) is 8.66. The van der Waals surface area contributed by atoms with E-state index in [1.54, 1.807) is 0 Å². The van der Waals surface area contributed by atoms with Gasteiger partial charge in [-0.2, -0.15) is 10.2 Å². The van der Waals surface area contributed by atoms with Gasteiger partial charge < -0.3 is 0 Å². The number of aryl methyl sites for hydroxylation is 3. The molecule has 2 aromatic rings. The van der Waals surface area contributed by atoms with Gasteiger partial charge in [-0.3, -0.25) is 4.79 Å². The molecule has 18 heavy (non-hydrogen) atoms. The van der Waals surface area contributed by atoms with Crippen molar-refractivity contribution in [2.45, 2.75) is 26.7 Å². The minimum atomic E-state index is 0.134. The molecule has 0 aliphatic heterocycles. The van der Waals surface area contributed by atoms with Crippen molar-refractivity contribution in [2.24, 2.45) is 0 Å². The largest absolute Gasteiger partial charge is 0.294 e. The summed E-state index contributed by atoms with van der Waals surface area (Å²) < 4.78 is 0. The lowest BCUT2D eigenvalue weighted by molar-refractivity contribution is 0.0981. The molecule has 0 unspecified atom stereocenters. The van der Waals surface area contributed by atoms with E-state index < -0.39 is 0 Å². The number of carbonyl (C=O) groups is 1. The lowest BCUT2D eigenvalue weighted by atomic mass is 10.0. The van der Waals surface area contributed by atoms with Gasteiger partial charge in [-0.15, -0.1) is 0 Å². The van der Waals surface area contributed by atoms with Crippen LogP contribution in [0, 0.1) is 13.8 Å². The van der Waals surface area contributed by atoms with Crippen LogP contribution in [0.1, 0.15) is 33.7 Å². The predicted molar refractivity (Wildman–Crippen MR) is 70.6 cm³/mol. The summed E-state index contributed by atoms with van der Waals surface area (Å²) in [6.45, 7) is 3.67. The van der Waals surface area contributed by atoms with Gasteiger partial charge >= 0.3 is 0 Å². The van der Waals surface area contributed by atoms with Gasteiger partial charge in [-0.05, 0) is 31.9 Å². The Labute approximate surface area is 107 Å². The van der Waals surface area contributed by atoms with E-state index in [-0.39, 0.29) is 5.78 Å². The van der Waals surface area contributed by atoms with Crippen LogP contribution in [0.5, 0.6) is 0 Å². The van der Waals surface area contributed by atoms with Crippen molar-refractivity contribution in [3.8, 4) is 0 Å². The van der Waals surface area contributed by atoms with Gasteiger partial charge in [0.25, 0.3) is 0 Å². The third-order valence-corrected chi connectivity index (χ3v) is 2.88. The molecule has 0 amide bonds. The van der Waals surface area contributed by atoms with E-state index in [4.69, 9.17) is 0 Å². The Hall–Kier alpha value is -2.03. The Morgan fingerprint density at radius 2 is 1.83 bits per heavy atom. The molecule has 0 saturated carbocycles. The zero-order valence-corrected chi connectivity index (χ0v) is 10.7. The van der Waals surface area contributed by atoms with Crippen LogP contribution in [0.2, 0.25) is 0 Å². The van der Waals surface area contributed by atoms with Crippen molar-refractivity contribution in [3.63, 3.8) is 0 Å². The summed E-state index contributed by atoms with van der Waals surface area (Å²) in [5.74, 6) is 0.134. The predicted octanol–water partition coefficient (Wildman–Crippen LogP) is 2.91. The summed E-state index contributed by atoms with van der Waals surface area (Å²) in [5, 5.41) is 7.92. The summed E-state index contributed by atoms with van der Waals surface area (Å²) in [5.41, 5.74) is 3.36. The first-order valence-corrected chi connectivity index (χ1v) is 6.05. The molecule has 2 rings (SSSR count). The number of aromatic nitrogens is 2. The highest BCUT2D eigenvalue weighted by molar-refractivity contribution is 5.97. The second-order valence-electron chi connectivity index (χ2n) is 4.39. The van der Waals surface area contributed by atoms with E-state index >= 15 is 0 Å². The molecule has 0 bridgehead atoms. The van der Waals surface area contributed by atoms with Crippen molar-refractivity contribution in [2.75, 3.05) is 0 Å². The van der Waals surface area contributed by atoms with Gasteiger partial charge in [0.2, 0.25) is 0 Å². The number of hydrogen-bond acceptors (Lipinski definition) is 3. The zero-order valence-electron chi connectivity index (χ0n) is 10.7. The van der Waals surface area contributed by atoms with Gasteiger partial charge in [0.05, 0.1) is 11.4 Å². The number of rotatable bonds is 4. The van der Waals surface area contributed by atoms with Crippen LogP contribution in [0.4, 0.5) is 0 Å². The molecule has 0 fully saturated rings. The summed E-state index contributed by atoms with van der Waals surface area (Å²) in [6, 6.07) is 11.8. The average Bonchev–Trinajstić information content (AvgIpc) is 2.40. The Morgan fingerprint density at radius 3 is 2.56 bits per heavy atom. The molecule has 1 aromatic heterocycles. The quantitative estimate of drug-likeness (QED) is 0.772. The molecule has 0 atom stereocenters. The molecule has 92 valence electrons. The van der Waals surface area contributed by atoms with E-state index in [0.717, 1.165) is 12.1 Å². The van der Waals surface area contributed by atoms with E-state index in [1.807, 2.05) is 50.2 Å². The Balaban J connectivity index is 2.06. The van der Waals surface area contributed by atoms with E-state index in [9.17, 15) is 4.79 Å². The summed E-state index contributed by atoms with van der Waals surface area (Å²) in [7, 11) is 0. The lowest BCUT2D eigenvalue weighted by Gasteiger charge is -2.04. The van der Waals surface area contributed by atoms with E-state index in [0.29, 0.717) is 17.7 Å². The van der Waals surface area contributed by atoms with Gasteiger partial charge in [0.15, 0.2) is 5.78 Å². The van der Waals surface area contributed by atoms with Crippen LogP contribution in [-0.2, 0) is 6.42 Å². The second-order valence-corrected chi connectivity index (χ2v) is 4.39. The fraction of sp³-hybridized carbons (Fsp3) is 0.267. The maximum Gasteiger partial charge on any atom is 0.165 e. The van der Waals surface area contributed by atoms with Crippen LogP contribution >= 0.6 is 0 Å². The van der Waals surface area contributed by atoms with Crippen molar-refractivity contribution in [1.82, 2.24) is 10.2 Å². The van der Waals surface area contributed by atoms with Crippen molar-refractivity contribution >= 4 is 5.78 Å². The standard InChI is InChI=1S/C15H16N2O/c1-11-10-14(12(2)17-16-11)15(18)9-8-13-6-4-3-5-7-13/h3-7,10H,8-9H2,1-2H3. The average molecular weight is 240 g/mol. The fourth-order valence-electron chi connectivity index (χ4n) is 1.87. The van der Waals surface area contributed by atoms with Crippen LogP contribution in [-0.4, -0.2) is 16.0 Å². The first kappa shape index (κ1) is 12.4. The maximum atomic E-state index is 12.1. The maximum absolute atomic E-state index is 12.1. The molecule has 1 aromatic carbocycles. The highest BCUT2D eigenvalue weighted by Gasteiger charge is 2.11. The smallest absolute Gasteiger partial charge is 0.165 e. The summed E-state index contributed by atoms with van der Waals surface area (Å²) in [4.78, 5) is 12.1. The normalized spacial score (nSPS) is 10.3. The second kappa shape index (κ2) is 5.54.